The molecule has 0 unspecified atom stereocenters. The Morgan fingerprint density at radius 1 is 1.29 bits per heavy atom. The molecule has 0 radical (unpaired) electrons. The highest BCUT2D eigenvalue weighted by Crippen LogP contribution is 2.31. The Morgan fingerprint density at radius 2 is 1.90 bits per heavy atom. The Balaban J connectivity index is 2.87. The number of benzene rings is 1. The number of carboxylic acid groups (broad SMARTS) is 1. The zero-order valence-corrected chi connectivity index (χ0v) is 13.0. The van der Waals surface area contributed by atoms with Crippen LogP contribution in [0.15, 0.2) is 12.1 Å². The maximum Gasteiger partial charge on any atom is 0.307 e. The highest BCUT2D eigenvalue weighted by molar-refractivity contribution is 5.88. The number of pyridine rings is 1. The molecular weight excluding hydrogens is 269 g/mol. The number of aliphatic carboxylic acids is 1. The third kappa shape index (κ3) is 2.89. The van der Waals surface area contributed by atoms with Gasteiger partial charge in [-0.05, 0) is 48.1 Å². The van der Waals surface area contributed by atoms with Crippen molar-refractivity contribution in [2.75, 3.05) is 0 Å². The minimum Gasteiger partial charge on any atom is -0.481 e. The minimum absolute atomic E-state index is 0.126. The van der Waals surface area contributed by atoms with Crippen molar-refractivity contribution >= 4 is 16.9 Å². The number of hydrogen-bond acceptors (Lipinski definition) is 2. The molecule has 0 fully saturated rings. The molecule has 0 saturated carbocycles. The summed E-state index contributed by atoms with van der Waals surface area (Å²) in [5, 5.41) is 9.73. The lowest BCUT2D eigenvalue weighted by Crippen LogP contribution is -2.13. The maximum absolute atomic E-state index is 14.4. The van der Waals surface area contributed by atoms with E-state index in [1.807, 2.05) is 33.8 Å². The lowest BCUT2D eigenvalue weighted by molar-refractivity contribution is -0.136. The molecule has 1 N–H and O–H groups in total. The standard InChI is InChI=1S/C17H20FNO2/c1-9-10(2)19-16-13(12(9)8-15(20)21)6-11(7-14(16)18)17(3,4)5/h6-7H,8H2,1-5H3,(H,20,21). The number of aryl methyl sites for hydroxylation is 1. The van der Waals surface area contributed by atoms with E-state index < -0.39 is 11.8 Å². The molecule has 0 aliphatic rings. The third-order valence-corrected chi connectivity index (χ3v) is 3.86. The van der Waals surface area contributed by atoms with Crippen LogP contribution in [0.1, 0.15) is 43.2 Å². The summed E-state index contributed by atoms with van der Waals surface area (Å²) in [6.45, 7) is 9.61. The van der Waals surface area contributed by atoms with E-state index in [2.05, 4.69) is 4.98 Å². The highest BCUT2D eigenvalue weighted by Gasteiger charge is 2.20. The van der Waals surface area contributed by atoms with Crippen molar-refractivity contribution < 1.29 is 14.3 Å². The normalized spacial score (nSPS) is 11.9. The topological polar surface area (TPSA) is 50.2 Å². The average Bonchev–Trinajstić information content (AvgIpc) is 2.34. The zero-order chi connectivity index (χ0) is 15.9. The first-order valence-electron chi connectivity index (χ1n) is 6.93. The predicted molar refractivity (Wildman–Crippen MR) is 81.2 cm³/mol. The second-order valence-electron chi connectivity index (χ2n) is 6.48. The van der Waals surface area contributed by atoms with Crippen LogP contribution >= 0.6 is 0 Å². The van der Waals surface area contributed by atoms with Gasteiger partial charge in [-0.2, -0.15) is 0 Å². The highest BCUT2D eigenvalue weighted by atomic mass is 19.1. The number of rotatable bonds is 2. The summed E-state index contributed by atoms with van der Waals surface area (Å²) >= 11 is 0. The monoisotopic (exact) mass is 289 g/mol. The Labute approximate surface area is 123 Å². The summed E-state index contributed by atoms with van der Waals surface area (Å²) in [5.41, 5.74) is 3.01. The van der Waals surface area contributed by atoms with Gasteiger partial charge in [-0.15, -0.1) is 0 Å². The van der Waals surface area contributed by atoms with Crippen LogP contribution in [-0.4, -0.2) is 16.1 Å². The van der Waals surface area contributed by atoms with Crippen LogP contribution in [-0.2, 0) is 16.6 Å². The molecule has 1 aromatic carbocycles. The van der Waals surface area contributed by atoms with Gasteiger partial charge >= 0.3 is 5.97 Å². The van der Waals surface area contributed by atoms with Gasteiger partial charge in [0, 0.05) is 11.1 Å². The molecule has 2 aromatic rings. The van der Waals surface area contributed by atoms with E-state index >= 15 is 0 Å². The van der Waals surface area contributed by atoms with E-state index in [9.17, 15) is 9.18 Å². The van der Waals surface area contributed by atoms with Crippen molar-refractivity contribution in [3.63, 3.8) is 0 Å². The van der Waals surface area contributed by atoms with Gasteiger partial charge < -0.3 is 5.11 Å². The molecular formula is C17H20FNO2. The summed E-state index contributed by atoms with van der Waals surface area (Å²) < 4.78 is 14.4. The van der Waals surface area contributed by atoms with Gasteiger partial charge in [0.1, 0.15) is 11.3 Å². The van der Waals surface area contributed by atoms with Crippen LogP contribution in [0.4, 0.5) is 4.39 Å². The van der Waals surface area contributed by atoms with Crippen LogP contribution in [0.2, 0.25) is 0 Å². The molecule has 21 heavy (non-hydrogen) atoms. The fraction of sp³-hybridized carbons (Fsp3) is 0.412. The predicted octanol–water partition coefficient (Wildman–Crippen LogP) is 3.92. The molecule has 0 bridgehead atoms. The Morgan fingerprint density at radius 3 is 2.43 bits per heavy atom. The average molecular weight is 289 g/mol. The third-order valence-electron chi connectivity index (χ3n) is 3.86. The summed E-state index contributed by atoms with van der Waals surface area (Å²) in [6, 6.07) is 3.37. The summed E-state index contributed by atoms with van der Waals surface area (Å²) in [6.07, 6.45) is -0.126. The first kappa shape index (κ1) is 15.4. The first-order valence-corrected chi connectivity index (χ1v) is 6.93. The second kappa shape index (κ2) is 5.10. The zero-order valence-electron chi connectivity index (χ0n) is 13.0. The Bertz CT molecular complexity index is 730. The van der Waals surface area contributed by atoms with E-state index in [-0.39, 0.29) is 17.4 Å². The Kier molecular flexibility index (Phi) is 3.74. The van der Waals surface area contributed by atoms with Crippen LogP contribution in [0.25, 0.3) is 10.9 Å². The van der Waals surface area contributed by atoms with Crippen LogP contribution in [0, 0.1) is 19.7 Å². The smallest absolute Gasteiger partial charge is 0.307 e. The lowest BCUT2D eigenvalue weighted by Gasteiger charge is -2.21. The van der Waals surface area contributed by atoms with E-state index in [0.717, 1.165) is 11.1 Å². The van der Waals surface area contributed by atoms with Crippen molar-refractivity contribution in [1.29, 1.82) is 0 Å². The Hall–Kier alpha value is -1.97. The molecule has 1 heterocycles. The molecule has 4 heteroatoms. The maximum atomic E-state index is 14.4. The summed E-state index contributed by atoms with van der Waals surface area (Å²) in [4.78, 5) is 15.4. The summed E-state index contributed by atoms with van der Waals surface area (Å²) in [5.74, 6) is -1.32. The molecule has 112 valence electrons. The number of carbonyl (C=O) groups is 1. The van der Waals surface area contributed by atoms with Gasteiger partial charge in [-0.3, -0.25) is 4.79 Å². The van der Waals surface area contributed by atoms with E-state index in [4.69, 9.17) is 5.11 Å². The quantitative estimate of drug-likeness (QED) is 0.911. The molecule has 0 aliphatic heterocycles. The largest absolute Gasteiger partial charge is 0.481 e. The van der Waals surface area contributed by atoms with Crippen LogP contribution in [0.5, 0.6) is 0 Å². The lowest BCUT2D eigenvalue weighted by atomic mass is 9.85. The minimum atomic E-state index is -0.924. The number of nitrogens with zero attached hydrogens (tertiary/aromatic N) is 1. The van der Waals surface area contributed by atoms with Gasteiger partial charge in [0.15, 0.2) is 0 Å². The van der Waals surface area contributed by atoms with Crippen LogP contribution in [0.3, 0.4) is 0 Å². The fourth-order valence-electron chi connectivity index (χ4n) is 2.43. The number of halogens is 1. The molecule has 1 aromatic heterocycles. The summed E-state index contributed by atoms with van der Waals surface area (Å²) in [7, 11) is 0. The SMILES string of the molecule is Cc1nc2c(F)cc(C(C)(C)C)cc2c(CC(=O)O)c1C. The van der Waals surface area contributed by atoms with Gasteiger partial charge in [0.05, 0.1) is 6.42 Å². The van der Waals surface area contributed by atoms with Gasteiger partial charge in [0.25, 0.3) is 0 Å². The van der Waals surface area contributed by atoms with Crippen molar-refractivity contribution in [2.24, 2.45) is 0 Å². The van der Waals surface area contributed by atoms with Crippen LogP contribution < -0.4 is 0 Å². The first-order chi connectivity index (χ1) is 9.61. The van der Waals surface area contributed by atoms with E-state index in [0.29, 0.717) is 16.6 Å². The van der Waals surface area contributed by atoms with Crippen molar-refractivity contribution in [3.05, 3.63) is 40.3 Å². The van der Waals surface area contributed by atoms with Gasteiger partial charge in [-0.25, -0.2) is 9.37 Å². The molecule has 0 aliphatic carbocycles. The molecule has 2 rings (SSSR count). The van der Waals surface area contributed by atoms with E-state index in [1.165, 1.54) is 6.07 Å². The number of fused-ring (bicyclic) bond motifs is 1. The fourth-order valence-corrected chi connectivity index (χ4v) is 2.43. The van der Waals surface area contributed by atoms with Crippen molar-refractivity contribution in [3.8, 4) is 0 Å². The van der Waals surface area contributed by atoms with Gasteiger partial charge in [-0.1, -0.05) is 20.8 Å². The number of carboxylic acids is 1. The van der Waals surface area contributed by atoms with Crippen molar-refractivity contribution in [1.82, 2.24) is 4.98 Å². The van der Waals surface area contributed by atoms with Crippen molar-refractivity contribution in [2.45, 2.75) is 46.5 Å². The second-order valence-corrected chi connectivity index (χ2v) is 6.48. The molecule has 0 spiro atoms. The molecule has 3 nitrogen and oxygen atoms in total. The molecule has 0 saturated heterocycles. The molecule has 0 atom stereocenters. The molecule has 0 amide bonds. The van der Waals surface area contributed by atoms with Gasteiger partial charge in [0.2, 0.25) is 0 Å². The number of aromatic nitrogens is 1. The number of hydrogen-bond donors (Lipinski definition) is 1. The van der Waals surface area contributed by atoms with E-state index in [1.54, 1.807) is 6.92 Å².